The maximum atomic E-state index is 12.6. The zero-order chi connectivity index (χ0) is 16.8. The molecule has 1 heterocycles. The van der Waals surface area contributed by atoms with Gasteiger partial charge >= 0.3 is 0 Å². The van der Waals surface area contributed by atoms with Gasteiger partial charge in [-0.1, -0.05) is 25.6 Å². The number of nitrogens with zero attached hydrogens (tertiary/aromatic N) is 2. The van der Waals surface area contributed by atoms with E-state index in [0.29, 0.717) is 5.92 Å². The highest BCUT2D eigenvalue weighted by molar-refractivity contribution is 5.94. The van der Waals surface area contributed by atoms with Crippen LogP contribution in [0.4, 0.5) is 0 Å². The Morgan fingerprint density at radius 2 is 2.04 bits per heavy atom. The number of rotatable bonds is 5. The van der Waals surface area contributed by atoms with Gasteiger partial charge in [0.2, 0.25) is 5.91 Å². The third kappa shape index (κ3) is 4.44. The van der Waals surface area contributed by atoms with Crippen LogP contribution in [-0.4, -0.2) is 48.3 Å². The highest BCUT2D eigenvalue weighted by Crippen LogP contribution is 2.20. The van der Waals surface area contributed by atoms with Crippen LogP contribution in [-0.2, 0) is 11.2 Å². The summed E-state index contributed by atoms with van der Waals surface area (Å²) in [7, 11) is 1.80. The van der Waals surface area contributed by atoms with Gasteiger partial charge < -0.3 is 9.80 Å². The van der Waals surface area contributed by atoms with Crippen LogP contribution < -0.4 is 0 Å². The van der Waals surface area contributed by atoms with Crippen molar-refractivity contribution >= 4 is 11.8 Å². The zero-order valence-electron chi connectivity index (χ0n) is 14.1. The van der Waals surface area contributed by atoms with Gasteiger partial charge in [0, 0.05) is 32.2 Å². The zero-order valence-corrected chi connectivity index (χ0v) is 14.1. The van der Waals surface area contributed by atoms with Crippen molar-refractivity contribution in [2.24, 2.45) is 5.92 Å². The molecule has 0 unspecified atom stereocenters. The first kappa shape index (κ1) is 17.3. The number of carbonyl (C=O) groups excluding carboxylic acids is 2. The predicted octanol–water partition coefficient (Wildman–Crippen LogP) is 2.75. The van der Waals surface area contributed by atoms with E-state index in [-0.39, 0.29) is 11.8 Å². The lowest BCUT2D eigenvalue weighted by Gasteiger charge is -2.33. The first-order valence-electron chi connectivity index (χ1n) is 8.31. The van der Waals surface area contributed by atoms with Crippen molar-refractivity contribution in [3.8, 4) is 0 Å². The Hall–Kier alpha value is -2.10. The molecule has 0 saturated carbocycles. The maximum Gasteiger partial charge on any atom is 0.253 e. The molecule has 1 saturated heterocycles. The van der Waals surface area contributed by atoms with E-state index < -0.39 is 0 Å². The summed E-state index contributed by atoms with van der Waals surface area (Å²) < 4.78 is 0. The molecule has 0 atom stereocenters. The fourth-order valence-electron chi connectivity index (χ4n) is 3.06. The molecule has 1 aromatic carbocycles. The number of aryl methyl sites for hydroxylation is 1. The van der Waals surface area contributed by atoms with Gasteiger partial charge in [-0.25, -0.2) is 0 Å². The fourth-order valence-corrected chi connectivity index (χ4v) is 3.06. The minimum absolute atomic E-state index is 0.0418. The molecule has 4 nitrogen and oxygen atoms in total. The number of likely N-dealkylation sites (tertiary alicyclic amines) is 1. The third-order valence-electron chi connectivity index (χ3n) is 4.57. The number of piperidine rings is 1. The Labute approximate surface area is 138 Å². The number of benzene rings is 1. The van der Waals surface area contributed by atoms with E-state index >= 15 is 0 Å². The van der Waals surface area contributed by atoms with Crippen molar-refractivity contribution in [2.45, 2.75) is 26.2 Å². The van der Waals surface area contributed by atoms with Crippen molar-refractivity contribution in [1.82, 2.24) is 9.80 Å². The lowest BCUT2D eigenvalue weighted by molar-refractivity contribution is -0.125. The van der Waals surface area contributed by atoms with Gasteiger partial charge in [0.05, 0.1) is 0 Å². The molecular formula is C19H26N2O2. The topological polar surface area (TPSA) is 40.6 Å². The van der Waals surface area contributed by atoms with Gasteiger partial charge in [-0.05, 0) is 49.0 Å². The lowest BCUT2D eigenvalue weighted by Crippen LogP contribution is -2.41. The molecule has 1 aliphatic rings. The number of amides is 2. The highest BCUT2D eigenvalue weighted by Gasteiger charge is 2.25. The maximum absolute atomic E-state index is 12.6. The summed E-state index contributed by atoms with van der Waals surface area (Å²) in [5, 5.41) is 0. The molecule has 2 amide bonds. The van der Waals surface area contributed by atoms with Crippen LogP contribution in [0.5, 0.6) is 0 Å². The van der Waals surface area contributed by atoms with Gasteiger partial charge in [-0.2, -0.15) is 0 Å². The molecule has 4 heteroatoms. The van der Waals surface area contributed by atoms with Crippen LogP contribution in [0, 0.1) is 5.92 Å². The molecule has 1 fully saturated rings. The van der Waals surface area contributed by atoms with Crippen LogP contribution in [0.1, 0.15) is 35.7 Å². The number of hydrogen-bond donors (Lipinski definition) is 0. The molecule has 2 rings (SSSR count). The van der Waals surface area contributed by atoms with E-state index in [1.54, 1.807) is 11.9 Å². The molecule has 0 N–H and O–H groups in total. The lowest BCUT2D eigenvalue weighted by atomic mass is 9.95. The van der Waals surface area contributed by atoms with Gasteiger partial charge in [0.25, 0.3) is 5.91 Å². The average Bonchev–Trinajstić information content (AvgIpc) is 2.61. The molecule has 0 aromatic heterocycles. The quantitative estimate of drug-likeness (QED) is 0.784. The Bertz CT molecular complexity index is 574. The van der Waals surface area contributed by atoms with Crippen molar-refractivity contribution in [2.75, 3.05) is 26.7 Å². The highest BCUT2D eigenvalue weighted by atomic mass is 16.2. The van der Waals surface area contributed by atoms with Crippen LogP contribution in [0.3, 0.4) is 0 Å². The minimum atomic E-state index is -0.0418. The molecule has 124 valence electrons. The van der Waals surface area contributed by atoms with E-state index in [9.17, 15) is 9.59 Å². The summed E-state index contributed by atoms with van der Waals surface area (Å²) in [5.74, 6) is 0.532. The molecule has 0 bridgehead atoms. The van der Waals surface area contributed by atoms with E-state index in [0.717, 1.165) is 44.5 Å². The summed E-state index contributed by atoms with van der Waals surface area (Å²) in [5.41, 5.74) is 1.97. The Balaban J connectivity index is 1.89. The van der Waals surface area contributed by atoms with Gasteiger partial charge in [0.1, 0.15) is 0 Å². The number of likely N-dealkylation sites (N-methyl/N-ethyl adjacent to an activating group) is 1. The largest absolute Gasteiger partial charge is 0.342 e. The van der Waals surface area contributed by atoms with Gasteiger partial charge in [-0.15, -0.1) is 0 Å². The molecule has 0 radical (unpaired) electrons. The monoisotopic (exact) mass is 314 g/mol. The molecule has 0 aliphatic carbocycles. The third-order valence-corrected chi connectivity index (χ3v) is 4.57. The smallest absolute Gasteiger partial charge is 0.253 e. The van der Waals surface area contributed by atoms with E-state index in [2.05, 4.69) is 19.6 Å². The second-order valence-electron chi connectivity index (χ2n) is 6.21. The molecular weight excluding hydrogens is 288 g/mol. The van der Waals surface area contributed by atoms with Crippen molar-refractivity contribution < 1.29 is 9.59 Å². The van der Waals surface area contributed by atoms with Crippen molar-refractivity contribution in [3.05, 3.63) is 48.0 Å². The van der Waals surface area contributed by atoms with Crippen LogP contribution >= 0.6 is 0 Å². The summed E-state index contributed by atoms with van der Waals surface area (Å²) in [6, 6.07) is 7.89. The van der Waals surface area contributed by atoms with Gasteiger partial charge in [-0.3, -0.25) is 9.59 Å². The number of hydrogen-bond acceptors (Lipinski definition) is 2. The standard InChI is InChI=1S/C19H26N2O2/c1-4-15-7-6-8-17(13-15)19(23)21-11-9-16(10-12-21)14-20(3)18(22)5-2/h5-8,13,16H,2,4,9-12,14H2,1,3H3. The minimum Gasteiger partial charge on any atom is -0.342 e. The second kappa shape index (κ2) is 7.95. The van der Waals surface area contributed by atoms with Crippen molar-refractivity contribution in [1.29, 1.82) is 0 Å². The Kier molecular flexibility index (Phi) is 5.97. The SMILES string of the molecule is C=CC(=O)N(C)CC1CCN(C(=O)c2cccc(CC)c2)CC1. The van der Waals surface area contributed by atoms with E-state index in [4.69, 9.17) is 0 Å². The Morgan fingerprint density at radius 3 is 2.65 bits per heavy atom. The van der Waals surface area contributed by atoms with Crippen LogP contribution in [0.2, 0.25) is 0 Å². The molecule has 0 spiro atoms. The summed E-state index contributed by atoms with van der Waals surface area (Å²) in [4.78, 5) is 27.8. The van der Waals surface area contributed by atoms with Gasteiger partial charge in [0.15, 0.2) is 0 Å². The first-order chi connectivity index (χ1) is 11.0. The number of carbonyl (C=O) groups is 2. The first-order valence-corrected chi connectivity index (χ1v) is 8.31. The van der Waals surface area contributed by atoms with Crippen molar-refractivity contribution in [3.63, 3.8) is 0 Å². The van der Waals surface area contributed by atoms with Crippen LogP contribution in [0.25, 0.3) is 0 Å². The second-order valence-corrected chi connectivity index (χ2v) is 6.21. The molecule has 1 aliphatic heterocycles. The summed E-state index contributed by atoms with van der Waals surface area (Å²) in [6.07, 6.45) is 4.16. The summed E-state index contributed by atoms with van der Waals surface area (Å²) >= 11 is 0. The molecule has 23 heavy (non-hydrogen) atoms. The predicted molar refractivity (Wildman–Crippen MR) is 92.3 cm³/mol. The normalized spacial score (nSPS) is 15.3. The summed E-state index contributed by atoms with van der Waals surface area (Å²) in [6.45, 7) is 7.86. The fraction of sp³-hybridized carbons (Fsp3) is 0.474. The molecule has 1 aromatic rings. The van der Waals surface area contributed by atoms with E-state index in [1.165, 1.54) is 11.6 Å². The van der Waals surface area contributed by atoms with E-state index in [1.807, 2.05) is 23.1 Å². The van der Waals surface area contributed by atoms with Crippen LogP contribution in [0.15, 0.2) is 36.9 Å². The Morgan fingerprint density at radius 1 is 1.35 bits per heavy atom. The average molecular weight is 314 g/mol.